The monoisotopic (exact) mass is 466 g/mol. The molecule has 4 rings (SSSR count). The Bertz CT molecular complexity index is 1010. The number of aliphatic carboxylic acids is 1. The summed E-state index contributed by atoms with van der Waals surface area (Å²) in [6.07, 6.45) is 1.33. The van der Waals surface area contributed by atoms with Crippen LogP contribution >= 0.6 is 0 Å². The molecule has 180 valence electrons. The summed E-state index contributed by atoms with van der Waals surface area (Å²) in [5.74, 6) is -1.51. The summed E-state index contributed by atoms with van der Waals surface area (Å²) in [6, 6.07) is 15.3. The molecule has 2 aromatic rings. The van der Waals surface area contributed by atoms with Crippen molar-refractivity contribution in [3.63, 3.8) is 0 Å². The van der Waals surface area contributed by atoms with E-state index in [0.29, 0.717) is 0 Å². The molecule has 0 spiro atoms. The van der Waals surface area contributed by atoms with Crippen molar-refractivity contribution in [1.29, 1.82) is 0 Å². The fourth-order valence-corrected chi connectivity index (χ4v) is 4.68. The zero-order chi connectivity index (χ0) is 24.1. The maximum Gasteiger partial charge on any atom is 0.407 e. The molecular weight excluding hydrogens is 436 g/mol. The standard InChI is InChI=1S/C26H30N2O6/c1-33-17(13-23(29)28-24(25(30)31)16-7-6-8-16)14-27-26(32)34-15-22-20-11-4-2-9-18(20)19-10-3-5-12-21(19)22/h2-5,9-12,16-17,22,24H,6-8,13-15H2,1H3,(H,27,32)(H,28,29)(H,30,31). The maximum absolute atomic E-state index is 12.4. The van der Waals surface area contributed by atoms with Crippen LogP contribution in [0.1, 0.15) is 42.7 Å². The fraction of sp³-hybridized carbons (Fsp3) is 0.423. The lowest BCUT2D eigenvalue weighted by molar-refractivity contribution is -0.144. The third-order valence-electron chi connectivity index (χ3n) is 6.77. The highest BCUT2D eigenvalue weighted by atomic mass is 16.5. The molecule has 2 aliphatic rings. The Morgan fingerprint density at radius 2 is 1.65 bits per heavy atom. The highest BCUT2D eigenvalue weighted by Crippen LogP contribution is 2.44. The molecule has 34 heavy (non-hydrogen) atoms. The third-order valence-corrected chi connectivity index (χ3v) is 6.77. The van der Waals surface area contributed by atoms with Crippen LogP contribution in [0.4, 0.5) is 4.79 Å². The van der Waals surface area contributed by atoms with Crippen LogP contribution in [-0.2, 0) is 19.1 Å². The average Bonchev–Trinajstić information content (AvgIpc) is 3.12. The Hall–Kier alpha value is -3.39. The van der Waals surface area contributed by atoms with Crippen LogP contribution in [-0.4, -0.2) is 55.5 Å². The van der Waals surface area contributed by atoms with Crippen molar-refractivity contribution < 1.29 is 29.0 Å². The number of carbonyl (C=O) groups is 3. The molecular formula is C26H30N2O6. The third kappa shape index (κ3) is 5.22. The highest BCUT2D eigenvalue weighted by molar-refractivity contribution is 5.84. The van der Waals surface area contributed by atoms with E-state index >= 15 is 0 Å². The van der Waals surface area contributed by atoms with Crippen LogP contribution in [0.3, 0.4) is 0 Å². The fourth-order valence-electron chi connectivity index (χ4n) is 4.68. The van der Waals surface area contributed by atoms with E-state index < -0.39 is 30.1 Å². The number of carboxylic acids is 1. The molecule has 2 unspecified atom stereocenters. The van der Waals surface area contributed by atoms with E-state index in [0.717, 1.165) is 41.5 Å². The molecule has 0 aromatic heterocycles. The van der Waals surface area contributed by atoms with Gasteiger partial charge in [-0.2, -0.15) is 0 Å². The van der Waals surface area contributed by atoms with Crippen LogP contribution in [0.15, 0.2) is 48.5 Å². The van der Waals surface area contributed by atoms with Gasteiger partial charge in [-0.15, -0.1) is 0 Å². The summed E-state index contributed by atoms with van der Waals surface area (Å²) in [6.45, 7) is 0.265. The van der Waals surface area contributed by atoms with Gasteiger partial charge in [0.05, 0.1) is 12.5 Å². The first kappa shape index (κ1) is 23.8. The number of benzene rings is 2. The second-order valence-corrected chi connectivity index (χ2v) is 8.84. The number of carboxylic acid groups (broad SMARTS) is 1. The van der Waals surface area contributed by atoms with Crippen LogP contribution in [0.25, 0.3) is 11.1 Å². The van der Waals surface area contributed by atoms with Crippen LogP contribution in [0.5, 0.6) is 0 Å². The van der Waals surface area contributed by atoms with Gasteiger partial charge >= 0.3 is 12.1 Å². The molecule has 0 heterocycles. The van der Waals surface area contributed by atoms with E-state index in [1.165, 1.54) is 7.11 Å². The van der Waals surface area contributed by atoms with Gasteiger partial charge < -0.3 is 25.2 Å². The van der Waals surface area contributed by atoms with Crippen molar-refractivity contribution in [3.05, 3.63) is 59.7 Å². The van der Waals surface area contributed by atoms with E-state index in [-0.39, 0.29) is 31.4 Å². The minimum absolute atomic E-state index is 0.0265. The number of methoxy groups -OCH3 is 1. The normalized spacial score (nSPS) is 16.5. The number of fused-ring (bicyclic) bond motifs is 3. The summed E-state index contributed by atoms with van der Waals surface area (Å²) in [7, 11) is 1.44. The Labute approximate surface area is 198 Å². The molecule has 0 radical (unpaired) electrons. The summed E-state index contributed by atoms with van der Waals surface area (Å²) < 4.78 is 10.8. The number of hydrogen-bond donors (Lipinski definition) is 3. The van der Waals surface area contributed by atoms with Crippen molar-refractivity contribution in [2.24, 2.45) is 5.92 Å². The van der Waals surface area contributed by atoms with Crippen LogP contribution in [0, 0.1) is 5.92 Å². The first-order valence-electron chi connectivity index (χ1n) is 11.6. The zero-order valence-electron chi connectivity index (χ0n) is 19.2. The number of alkyl carbamates (subject to hydrolysis) is 1. The molecule has 2 atom stereocenters. The van der Waals surface area contributed by atoms with Crippen molar-refractivity contribution in [2.45, 2.75) is 43.7 Å². The average molecular weight is 467 g/mol. The Balaban J connectivity index is 1.26. The van der Waals surface area contributed by atoms with Crippen LogP contribution < -0.4 is 10.6 Å². The molecule has 2 aromatic carbocycles. The van der Waals surface area contributed by atoms with Crippen molar-refractivity contribution in [1.82, 2.24) is 10.6 Å². The van der Waals surface area contributed by atoms with Gasteiger partial charge in [-0.3, -0.25) is 4.79 Å². The Kier molecular flexibility index (Phi) is 7.47. The molecule has 1 saturated carbocycles. The second kappa shape index (κ2) is 10.7. The van der Waals surface area contributed by atoms with E-state index in [9.17, 15) is 19.5 Å². The van der Waals surface area contributed by atoms with Gasteiger partial charge in [0, 0.05) is 19.6 Å². The maximum atomic E-state index is 12.4. The predicted octanol–water partition coefficient (Wildman–Crippen LogP) is 3.30. The van der Waals surface area contributed by atoms with Crippen molar-refractivity contribution >= 4 is 18.0 Å². The van der Waals surface area contributed by atoms with Gasteiger partial charge in [-0.05, 0) is 41.0 Å². The van der Waals surface area contributed by atoms with Gasteiger partial charge in [0.25, 0.3) is 0 Å². The lowest BCUT2D eigenvalue weighted by Crippen LogP contribution is -2.49. The number of ether oxygens (including phenoxy) is 2. The first-order chi connectivity index (χ1) is 16.5. The van der Waals surface area contributed by atoms with Crippen molar-refractivity contribution in [2.75, 3.05) is 20.3 Å². The highest BCUT2D eigenvalue weighted by Gasteiger charge is 2.34. The van der Waals surface area contributed by atoms with Gasteiger partial charge in [-0.25, -0.2) is 9.59 Å². The molecule has 8 heteroatoms. The summed E-state index contributed by atoms with van der Waals surface area (Å²) >= 11 is 0. The largest absolute Gasteiger partial charge is 0.480 e. The Morgan fingerprint density at radius 1 is 1.03 bits per heavy atom. The van der Waals surface area contributed by atoms with Crippen molar-refractivity contribution in [3.8, 4) is 11.1 Å². The number of rotatable bonds is 10. The summed E-state index contributed by atoms with van der Waals surface area (Å²) in [5, 5.41) is 14.6. The van der Waals surface area contributed by atoms with E-state index in [1.54, 1.807) is 0 Å². The minimum atomic E-state index is -1.02. The Morgan fingerprint density at radius 3 is 2.18 bits per heavy atom. The number of carbonyl (C=O) groups excluding carboxylic acids is 2. The summed E-state index contributed by atoms with van der Waals surface area (Å²) in [5.41, 5.74) is 4.56. The van der Waals surface area contributed by atoms with Gasteiger partial charge in [0.2, 0.25) is 5.91 Å². The van der Waals surface area contributed by atoms with Crippen LogP contribution in [0.2, 0.25) is 0 Å². The van der Waals surface area contributed by atoms with Gasteiger partial charge in [0.15, 0.2) is 0 Å². The number of hydrogen-bond acceptors (Lipinski definition) is 5. The predicted molar refractivity (Wildman–Crippen MR) is 125 cm³/mol. The second-order valence-electron chi connectivity index (χ2n) is 8.84. The molecule has 2 aliphatic carbocycles. The smallest absolute Gasteiger partial charge is 0.407 e. The van der Waals surface area contributed by atoms with Gasteiger partial charge in [-0.1, -0.05) is 55.0 Å². The molecule has 3 N–H and O–H groups in total. The number of amides is 2. The molecule has 8 nitrogen and oxygen atoms in total. The van der Waals surface area contributed by atoms with E-state index in [4.69, 9.17) is 9.47 Å². The molecule has 1 fully saturated rings. The first-order valence-corrected chi connectivity index (χ1v) is 11.6. The molecule has 2 amide bonds. The SMILES string of the molecule is COC(CNC(=O)OCC1c2ccccc2-c2ccccc21)CC(=O)NC(C(=O)O)C1CCC1. The molecule has 0 aliphatic heterocycles. The lowest BCUT2D eigenvalue weighted by atomic mass is 9.79. The quantitative estimate of drug-likeness (QED) is 0.495. The molecule has 0 bridgehead atoms. The van der Waals surface area contributed by atoms with E-state index in [1.807, 2.05) is 24.3 Å². The molecule has 0 saturated heterocycles. The lowest BCUT2D eigenvalue weighted by Gasteiger charge is -2.31. The topological polar surface area (TPSA) is 114 Å². The summed E-state index contributed by atoms with van der Waals surface area (Å²) in [4.78, 5) is 36.2. The van der Waals surface area contributed by atoms with Gasteiger partial charge in [0.1, 0.15) is 12.6 Å². The zero-order valence-corrected chi connectivity index (χ0v) is 19.2. The van der Waals surface area contributed by atoms with E-state index in [2.05, 4.69) is 34.9 Å². The number of nitrogens with one attached hydrogen (secondary N) is 2. The minimum Gasteiger partial charge on any atom is -0.480 e.